The van der Waals surface area contributed by atoms with Gasteiger partial charge in [-0.05, 0) is 40.5 Å². The minimum absolute atomic E-state index is 0.0548. The number of hydrogen-bond acceptors (Lipinski definition) is 3. The molecule has 0 bridgehead atoms. The van der Waals surface area contributed by atoms with Gasteiger partial charge in [-0.3, -0.25) is 9.59 Å². The summed E-state index contributed by atoms with van der Waals surface area (Å²) in [5.41, 5.74) is 1.44. The largest absolute Gasteiger partial charge is 0.481 e. The van der Waals surface area contributed by atoms with Gasteiger partial charge in [0, 0.05) is 18.0 Å². The highest BCUT2D eigenvalue weighted by Gasteiger charge is 2.19. The van der Waals surface area contributed by atoms with Crippen molar-refractivity contribution in [3.63, 3.8) is 0 Å². The third-order valence-electron chi connectivity index (χ3n) is 3.19. The molecule has 0 aliphatic heterocycles. The maximum absolute atomic E-state index is 12.1. The number of aliphatic carboxylic acids is 1. The Labute approximate surface area is 113 Å². The molecule has 106 valence electrons. The Morgan fingerprint density at radius 1 is 1.26 bits per heavy atom. The summed E-state index contributed by atoms with van der Waals surface area (Å²) in [6.45, 7) is 7.33. The zero-order valence-corrected chi connectivity index (χ0v) is 11.9. The number of carboxylic acid groups (broad SMARTS) is 1. The number of carbonyl (C=O) groups excluding carboxylic acids is 1. The molecule has 1 atom stereocenters. The number of aryl methyl sites for hydroxylation is 2. The fourth-order valence-corrected chi connectivity index (χ4v) is 2.06. The minimum Gasteiger partial charge on any atom is -0.481 e. The van der Waals surface area contributed by atoms with Crippen LogP contribution in [0.4, 0.5) is 0 Å². The van der Waals surface area contributed by atoms with Gasteiger partial charge >= 0.3 is 5.97 Å². The molecule has 2 N–H and O–H groups in total. The Bertz CT molecular complexity index is 476. The van der Waals surface area contributed by atoms with E-state index in [1.807, 2.05) is 20.8 Å². The smallest absolute Gasteiger partial charge is 0.303 e. The van der Waals surface area contributed by atoms with Crippen molar-refractivity contribution in [2.75, 3.05) is 0 Å². The molecule has 1 rings (SSSR count). The van der Waals surface area contributed by atoms with Gasteiger partial charge in [-0.2, -0.15) is 0 Å². The summed E-state index contributed by atoms with van der Waals surface area (Å²) >= 11 is 0. The molecule has 5 heteroatoms. The van der Waals surface area contributed by atoms with Crippen molar-refractivity contribution in [1.82, 2.24) is 5.32 Å². The average Bonchev–Trinajstić information content (AvgIpc) is 2.52. The Hall–Kier alpha value is -1.78. The van der Waals surface area contributed by atoms with Gasteiger partial charge in [-0.15, -0.1) is 0 Å². The summed E-state index contributed by atoms with van der Waals surface area (Å²) in [5, 5.41) is 11.4. The summed E-state index contributed by atoms with van der Waals surface area (Å²) in [5.74, 6) is 0.400. The maximum atomic E-state index is 12.1. The molecule has 0 radical (unpaired) electrons. The van der Waals surface area contributed by atoms with Gasteiger partial charge in [0.15, 0.2) is 0 Å². The van der Waals surface area contributed by atoms with Crippen LogP contribution in [0.25, 0.3) is 0 Å². The number of furan rings is 1. The number of hydrogen-bond donors (Lipinski definition) is 2. The number of nitrogens with one attached hydrogen (secondary N) is 1. The lowest BCUT2D eigenvalue weighted by Crippen LogP contribution is -2.33. The lowest BCUT2D eigenvalue weighted by molar-refractivity contribution is -0.137. The van der Waals surface area contributed by atoms with Crippen molar-refractivity contribution in [2.24, 2.45) is 0 Å². The van der Waals surface area contributed by atoms with Gasteiger partial charge in [0.2, 0.25) is 0 Å². The van der Waals surface area contributed by atoms with Crippen LogP contribution in [0, 0.1) is 20.8 Å². The van der Waals surface area contributed by atoms with Crippen LogP contribution in [0.5, 0.6) is 0 Å². The summed E-state index contributed by atoms with van der Waals surface area (Å²) in [6.07, 6.45) is 1.33. The fourth-order valence-electron chi connectivity index (χ4n) is 2.06. The molecule has 1 amide bonds. The van der Waals surface area contributed by atoms with E-state index < -0.39 is 5.97 Å². The van der Waals surface area contributed by atoms with Crippen molar-refractivity contribution in [1.29, 1.82) is 0 Å². The van der Waals surface area contributed by atoms with Crippen molar-refractivity contribution < 1.29 is 19.1 Å². The lowest BCUT2D eigenvalue weighted by Gasteiger charge is -2.13. The van der Waals surface area contributed by atoms with Gasteiger partial charge in [0.05, 0.1) is 5.56 Å². The monoisotopic (exact) mass is 267 g/mol. The topological polar surface area (TPSA) is 79.5 Å². The van der Waals surface area contributed by atoms with E-state index in [4.69, 9.17) is 9.52 Å². The predicted octanol–water partition coefficient (Wildman–Crippen LogP) is 2.58. The molecule has 0 aliphatic carbocycles. The normalized spacial score (nSPS) is 12.2. The van der Waals surface area contributed by atoms with E-state index in [-0.39, 0.29) is 18.4 Å². The molecule has 0 aliphatic rings. The van der Waals surface area contributed by atoms with Crippen LogP contribution in [0.2, 0.25) is 0 Å². The molecular weight excluding hydrogens is 246 g/mol. The van der Waals surface area contributed by atoms with Crippen LogP contribution >= 0.6 is 0 Å². The third-order valence-corrected chi connectivity index (χ3v) is 3.19. The van der Waals surface area contributed by atoms with Gasteiger partial charge in [-0.25, -0.2) is 0 Å². The first-order valence-electron chi connectivity index (χ1n) is 6.42. The van der Waals surface area contributed by atoms with Gasteiger partial charge < -0.3 is 14.8 Å². The molecule has 1 heterocycles. The van der Waals surface area contributed by atoms with Crippen molar-refractivity contribution in [3.05, 3.63) is 22.6 Å². The number of carbonyl (C=O) groups is 2. The Balaban J connectivity index is 2.57. The maximum Gasteiger partial charge on any atom is 0.303 e. The summed E-state index contributed by atoms with van der Waals surface area (Å²) in [6, 6.07) is -0.0548. The number of rotatable bonds is 6. The van der Waals surface area contributed by atoms with Crippen molar-refractivity contribution in [2.45, 2.75) is 53.0 Å². The molecule has 0 spiro atoms. The van der Waals surface area contributed by atoms with E-state index in [0.29, 0.717) is 24.2 Å². The van der Waals surface area contributed by atoms with Crippen molar-refractivity contribution >= 4 is 11.9 Å². The predicted molar refractivity (Wildman–Crippen MR) is 71.3 cm³/mol. The SMILES string of the molecule is Cc1oc(C)c(C(=O)NC(C)CCCC(=O)O)c1C. The first-order valence-corrected chi connectivity index (χ1v) is 6.42. The second kappa shape index (κ2) is 6.41. The van der Waals surface area contributed by atoms with E-state index in [2.05, 4.69) is 5.32 Å². The fraction of sp³-hybridized carbons (Fsp3) is 0.571. The molecule has 19 heavy (non-hydrogen) atoms. The van der Waals surface area contributed by atoms with Crippen LogP contribution in [0.3, 0.4) is 0 Å². The van der Waals surface area contributed by atoms with Gasteiger partial charge in [0.1, 0.15) is 11.5 Å². The van der Waals surface area contributed by atoms with Crippen LogP contribution in [-0.4, -0.2) is 23.0 Å². The zero-order valence-electron chi connectivity index (χ0n) is 11.9. The van der Waals surface area contributed by atoms with E-state index in [1.54, 1.807) is 6.92 Å². The van der Waals surface area contributed by atoms with Crippen LogP contribution in [0.1, 0.15) is 53.6 Å². The third kappa shape index (κ3) is 4.12. The molecule has 0 fully saturated rings. The highest BCUT2D eigenvalue weighted by Crippen LogP contribution is 2.20. The quantitative estimate of drug-likeness (QED) is 0.830. The standard InChI is InChI=1S/C14H21NO4/c1-8(6-5-7-12(16)17)15-14(18)13-9(2)10(3)19-11(13)4/h8H,5-7H2,1-4H3,(H,15,18)(H,16,17). The van der Waals surface area contributed by atoms with E-state index in [0.717, 1.165) is 11.3 Å². The van der Waals surface area contributed by atoms with Crippen LogP contribution < -0.4 is 5.32 Å². The van der Waals surface area contributed by atoms with Crippen molar-refractivity contribution in [3.8, 4) is 0 Å². The Kier molecular flexibility index (Phi) is 5.15. The second-order valence-electron chi connectivity index (χ2n) is 4.87. The second-order valence-corrected chi connectivity index (χ2v) is 4.87. The Morgan fingerprint density at radius 3 is 2.37 bits per heavy atom. The highest BCUT2D eigenvalue weighted by atomic mass is 16.4. The summed E-state index contributed by atoms with van der Waals surface area (Å²) in [7, 11) is 0. The molecule has 0 saturated heterocycles. The molecule has 1 aromatic rings. The highest BCUT2D eigenvalue weighted by molar-refractivity contribution is 5.97. The Morgan fingerprint density at radius 2 is 1.89 bits per heavy atom. The van der Waals surface area contributed by atoms with E-state index in [9.17, 15) is 9.59 Å². The molecule has 0 aromatic carbocycles. The lowest BCUT2D eigenvalue weighted by atomic mass is 10.1. The molecule has 5 nitrogen and oxygen atoms in total. The summed E-state index contributed by atoms with van der Waals surface area (Å²) in [4.78, 5) is 22.5. The number of carboxylic acids is 1. The summed E-state index contributed by atoms with van der Waals surface area (Å²) < 4.78 is 5.42. The molecular formula is C14H21NO4. The number of amides is 1. The van der Waals surface area contributed by atoms with Crippen LogP contribution in [0.15, 0.2) is 4.42 Å². The zero-order chi connectivity index (χ0) is 14.6. The first-order chi connectivity index (χ1) is 8.82. The average molecular weight is 267 g/mol. The van der Waals surface area contributed by atoms with E-state index in [1.165, 1.54) is 0 Å². The van der Waals surface area contributed by atoms with Gasteiger partial charge in [0.25, 0.3) is 5.91 Å². The molecule has 1 unspecified atom stereocenters. The van der Waals surface area contributed by atoms with Crippen LogP contribution in [-0.2, 0) is 4.79 Å². The minimum atomic E-state index is -0.810. The van der Waals surface area contributed by atoms with E-state index >= 15 is 0 Å². The van der Waals surface area contributed by atoms with Gasteiger partial charge in [-0.1, -0.05) is 0 Å². The molecule has 1 aromatic heterocycles. The molecule has 0 saturated carbocycles. The first kappa shape index (κ1) is 15.3.